The summed E-state index contributed by atoms with van der Waals surface area (Å²) >= 11 is 0. The highest BCUT2D eigenvalue weighted by Gasteiger charge is 2.10. The van der Waals surface area contributed by atoms with Crippen LogP contribution in [0.15, 0.2) is 49.1 Å². The quantitative estimate of drug-likeness (QED) is 0.695. The molecule has 0 aromatic heterocycles. The van der Waals surface area contributed by atoms with Gasteiger partial charge in [-0.05, 0) is 49.1 Å². The second-order valence-electron chi connectivity index (χ2n) is 5.39. The molecule has 0 saturated carbocycles. The van der Waals surface area contributed by atoms with Gasteiger partial charge < -0.3 is 15.2 Å². The summed E-state index contributed by atoms with van der Waals surface area (Å²) in [5.41, 5.74) is 4.36. The van der Waals surface area contributed by atoms with E-state index in [4.69, 9.17) is 4.74 Å². The van der Waals surface area contributed by atoms with Gasteiger partial charge in [0.2, 0.25) is 0 Å². The third-order valence-electron chi connectivity index (χ3n) is 3.76. The van der Waals surface area contributed by atoms with Crippen LogP contribution in [0.1, 0.15) is 30.5 Å². The van der Waals surface area contributed by atoms with Crippen LogP contribution >= 0.6 is 0 Å². The van der Waals surface area contributed by atoms with Crippen LogP contribution in [0.2, 0.25) is 0 Å². The molecule has 0 atom stereocenters. The number of phenols is 1. The second-order valence-corrected chi connectivity index (χ2v) is 5.39. The summed E-state index contributed by atoms with van der Waals surface area (Å²) in [5, 5.41) is 13.7. The number of rotatable bonds is 8. The van der Waals surface area contributed by atoms with Gasteiger partial charge in [0.25, 0.3) is 0 Å². The van der Waals surface area contributed by atoms with E-state index < -0.39 is 0 Å². The lowest BCUT2D eigenvalue weighted by molar-refractivity contribution is 0.316. The lowest BCUT2D eigenvalue weighted by atomic mass is 10.0. The van der Waals surface area contributed by atoms with Crippen LogP contribution in [-0.2, 0) is 19.4 Å². The Kier molecular flexibility index (Phi) is 6.10. The van der Waals surface area contributed by atoms with Crippen molar-refractivity contribution in [1.29, 1.82) is 0 Å². The van der Waals surface area contributed by atoms with Crippen molar-refractivity contribution in [3.8, 4) is 11.5 Å². The predicted octanol–water partition coefficient (Wildman–Crippen LogP) is 4.69. The first kappa shape index (κ1) is 16.9. The second kappa shape index (κ2) is 8.28. The highest BCUT2D eigenvalue weighted by molar-refractivity contribution is 5.53. The monoisotopic (exact) mass is 311 g/mol. The van der Waals surface area contributed by atoms with E-state index in [-0.39, 0.29) is 5.75 Å². The van der Waals surface area contributed by atoms with E-state index >= 15 is 0 Å². The maximum atomic E-state index is 10.2. The van der Waals surface area contributed by atoms with Gasteiger partial charge >= 0.3 is 0 Å². The number of aromatic hydroxyl groups is 1. The van der Waals surface area contributed by atoms with Crippen molar-refractivity contribution in [3.63, 3.8) is 0 Å². The molecule has 0 unspecified atom stereocenters. The summed E-state index contributed by atoms with van der Waals surface area (Å²) in [6.45, 7) is 9.02. The van der Waals surface area contributed by atoms with Crippen molar-refractivity contribution in [2.75, 3.05) is 11.9 Å². The van der Waals surface area contributed by atoms with E-state index in [1.54, 1.807) is 6.08 Å². The fourth-order valence-electron chi connectivity index (χ4n) is 2.61. The Bertz CT molecular complexity index is 665. The van der Waals surface area contributed by atoms with Crippen LogP contribution in [0.4, 0.5) is 5.69 Å². The molecule has 2 aromatic carbocycles. The van der Waals surface area contributed by atoms with Crippen LogP contribution in [0.3, 0.4) is 0 Å². The Hall–Kier alpha value is -2.42. The summed E-state index contributed by atoms with van der Waals surface area (Å²) in [4.78, 5) is 0. The molecule has 2 aromatic rings. The molecule has 0 heterocycles. The third kappa shape index (κ3) is 4.28. The minimum absolute atomic E-state index is 0.212. The molecule has 0 fully saturated rings. The maximum Gasteiger partial charge on any atom is 0.161 e. The molecule has 3 nitrogen and oxygen atoms in total. The highest BCUT2D eigenvalue weighted by atomic mass is 16.5. The summed E-state index contributed by atoms with van der Waals surface area (Å²) in [6, 6.07) is 12.2. The zero-order valence-corrected chi connectivity index (χ0v) is 13.9. The number of anilines is 1. The predicted molar refractivity (Wildman–Crippen MR) is 96.3 cm³/mol. The smallest absolute Gasteiger partial charge is 0.161 e. The Labute approximate surface area is 138 Å². The molecular formula is C20H25NO2. The average Bonchev–Trinajstić information content (AvgIpc) is 2.57. The summed E-state index contributed by atoms with van der Waals surface area (Å²) in [7, 11) is 0. The van der Waals surface area contributed by atoms with Gasteiger partial charge in [-0.1, -0.05) is 31.2 Å². The Morgan fingerprint density at radius 1 is 1.17 bits per heavy atom. The van der Waals surface area contributed by atoms with Crippen molar-refractivity contribution in [2.24, 2.45) is 0 Å². The lowest BCUT2D eigenvalue weighted by Crippen LogP contribution is -2.04. The summed E-state index contributed by atoms with van der Waals surface area (Å²) in [5.74, 6) is 0.747. The van der Waals surface area contributed by atoms with Gasteiger partial charge in [0, 0.05) is 17.8 Å². The molecule has 3 heteroatoms. The van der Waals surface area contributed by atoms with Crippen LogP contribution in [-0.4, -0.2) is 11.7 Å². The Morgan fingerprint density at radius 3 is 2.65 bits per heavy atom. The van der Waals surface area contributed by atoms with Crippen LogP contribution in [0.25, 0.3) is 0 Å². The molecule has 0 aliphatic heterocycles. The molecule has 2 N–H and O–H groups in total. The van der Waals surface area contributed by atoms with Gasteiger partial charge in [0.05, 0.1) is 6.61 Å². The van der Waals surface area contributed by atoms with Crippen molar-refractivity contribution in [1.82, 2.24) is 0 Å². The molecule has 23 heavy (non-hydrogen) atoms. The zero-order valence-electron chi connectivity index (χ0n) is 13.9. The molecule has 0 spiro atoms. The summed E-state index contributed by atoms with van der Waals surface area (Å²) in [6.07, 6.45) is 3.39. The third-order valence-corrected chi connectivity index (χ3v) is 3.76. The van der Waals surface area contributed by atoms with Crippen molar-refractivity contribution in [3.05, 3.63) is 65.7 Å². The normalized spacial score (nSPS) is 10.3. The standard InChI is InChI=1S/C20H25NO2/c1-4-9-17-12-15(13-19(20(17)22)23-6-3)14-21-18-11-8-7-10-16(18)5-2/h4,7-8,10-13,21-22H,1,5-6,9,14H2,2-3H3. The minimum Gasteiger partial charge on any atom is -0.504 e. The van der Waals surface area contributed by atoms with Gasteiger partial charge in [-0.15, -0.1) is 6.58 Å². The fourth-order valence-corrected chi connectivity index (χ4v) is 2.61. The number of hydrogen-bond donors (Lipinski definition) is 2. The van der Waals surface area contributed by atoms with E-state index in [0.717, 1.165) is 23.2 Å². The number of nitrogens with one attached hydrogen (secondary N) is 1. The van der Waals surface area contributed by atoms with Crippen LogP contribution < -0.4 is 10.1 Å². The number of allylic oxidation sites excluding steroid dienone is 1. The maximum absolute atomic E-state index is 10.2. The molecule has 0 aliphatic carbocycles. The number of aryl methyl sites for hydroxylation is 1. The molecule has 122 valence electrons. The van der Waals surface area contributed by atoms with E-state index in [2.05, 4.69) is 37.0 Å². The summed E-state index contributed by atoms with van der Waals surface area (Å²) < 4.78 is 5.55. The number of hydrogen-bond acceptors (Lipinski definition) is 3. The molecule has 0 radical (unpaired) electrons. The zero-order chi connectivity index (χ0) is 16.7. The van der Waals surface area contributed by atoms with Crippen molar-refractivity contribution in [2.45, 2.75) is 33.2 Å². The first-order chi connectivity index (χ1) is 11.2. The first-order valence-corrected chi connectivity index (χ1v) is 8.09. The molecule has 0 amide bonds. The fraction of sp³-hybridized carbons (Fsp3) is 0.300. The van der Waals surface area contributed by atoms with Crippen LogP contribution in [0, 0.1) is 0 Å². The van der Waals surface area contributed by atoms with E-state index in [1.165, 1.54) is 5.56 Å². The van der Waals surface area contributed by atoms with E-state index in [9.17, 15) is 5.11 Å². The van der Waals surface area contributed by atoms with Crippen molar-refractivity contribution >= 4 is 5.69 Å². The van der Waals surface area contributed by atoms with E-state index in [1.807, 2.05) is 25.1 Å². The lowest BCUT2D eigenvalue weighted by Gasteiger charge is -2.15. The van der Waals surface area contributed by atoms with Gasteiger partial charge in [-0.2, -0.15) is 0 Å². The van der Waals surface area contributed by atoms with E-state index in [0.29, 0.717) is 25.3 Å². The average molecular weight is 311 g/mol. The Morgan fingerprint density at radius 2 is 1.96 bits per heavy atom. The number of ether oxygens (including phenoxy) is 1. The molecule has 0 aliphatic rings. The molecule has 0 saturated heterocycles. The Balaban J connectivity index is 2.23. The topological polar surface area (TPSA) is 41.5 Å². The first-order valence-electron chi connectivity index (χ1n) is 8.09. The van der Waals surface area contributed by atoms with Gasteiger partial charge in [0.15, 0.2) is 11.5 Å². The SMILES string of the molecule is C=CCc1cc(CNc2ccccc2CC)cc(OCC)c1O. The number of phenolic OH excluding ortho intramolecular Hbond substituents is 1. The van der Waals surface area contributed by atoms with Gasteiger partial charge in [0.1, 0.15) is 0 Å². The number of benzene rings is 2. The molecule has 2 rings (SSSR count). The van der Waals surface area contributed by atoms with Gasteiger partial charge in [-0.25, -0.2) is 0 Å². The highest BCUT2D eigenvalue weighted by Crippen LogP contribution is 2.32. The number of para-hydroxylation sites is 1. The molecular weight excluding hydrogens is 286 g/mol. The van der Waals surface area contributed by atoms with Crippen LogP contribution in [0.5, 0.6) is 11.5 Å². The largest absolute Gasteiger partial charge is 0.504 e. The van der Waals surface area contributed by atoms with Gasteiger partial charge in [-0.3, -0.25) is 0 Å². The molecule has 0 bridgehead atoms. The van der Waals surface area contributed by atoms with Crippen molar-refractivity contribution < 1.29 is 9.84 Å². The minimum atomic E-state index is 0.212.